The normalized spacial score (nSPS) is 11.8. The van der Waals surface area contributed by atoms with Crippen LogP contribution in [0.2, 0.25) is 0 Å². The van der Waals surface area contributed by atoms with E-state index in [2.05, 4.69) is 31.9 Å². The molecular formula is C14H15Br2NO2S. The van der Waals surface area contributed by atoms with Crippen LogP contribution in [0.5, 0.6) is 0 Å². The van der Waals surface area contributed by atoms with Gasteiger partial charge in [-0.1, -0.05) is 49.6 Å². The van der Waals surface area contributed by atoms with E-state index < -0.39 is 10.0 Å². The average Bonchev–Trinajstić information content (AvgIpc) is 2.75. The van der Waals surface area contributed by atoms with E-state index >= 15 is 0 Å². The number of aryl methyl sites for hydroxylation is 2. The Kier molecular flexibility index (Phi) is 4.76. The quantitative estimate of drug-likeness (QED) is 0.697. The van der Waals surface area contributed by atoms with Crippen molar-refractivity contribution in [3.05, 3.63) is 52.8 Å². The standard InChI is InChI=1S/C14H15Br2NO2S/c1-10-3-5-13(6-4-10)20(18,19)17-11(2)7-12(8-15)14(17)9-16/h3-7H,8-9H2,1-2H3. The van der Waals surface area contributed by atoms with E-state index in [1.807, 2.05) is 32.0 Å². The van der Waals surface area contributed by atoms with E-state index in [0.717, 1.165) is 22.5 Å². The number of halogens is 2. The molecule has 0 aliphatic heterocycles. The van der Waals surface area contributed by atoms with E-state index in [4.69, 9.17) is 0 Å². The summed E-state index contributed by atoms with van der Waals surface area (Å²) in [5.41, 5.74) is 3.50. The molecule has 0 N–H and O–H groups in total. The smallest absolute Gasteiger partial charge is 0.242 e. The van der Waals surface area contributed by atoms with Crippen LogP contribution in [0.4, 0.5) is 0 Å². The maximum absolute atomic E-state index is 12.8. The number of aromatic nitrogens is 1. The molecule has 0 radical (unpaired) electrons. The third-order valence-electron chi connectivity index (χ3n) is 3.15. The van der Waals surface area contributed by atoms with Crippen LogP contribution in [-0.2, 0) is 20.7 Å². The van der Waals surface area contributed by atoms with E-state index in [9.17, 15) is 8.42 Å². The zero-order chi connectivity index (χ0) is 14.9. The lowest BCUT2D eigenvalue weighted by Crippen LogP contribution is -2.17. The number of hydrogen-bond donors (Lipinski definition) is 0. The minimum Gasteiger partial charge on any atom is -0.242 e. The first kappa shape index (κ1) is 15.8. The van der Waals surface area contributed by atoms with Crippen LogP contribution >= 0.6 is 31.9 Å². The van der Waals surface area contributed by atoms with E-state index in [-0.39, 0.29) is 0 Å². The molecule has 0 amide bonds. The molecule has 1 aromatic carbocycles. The molecule has 2 aromatic rings. The Bertz CT molecular complexity index is 718. The molecular weight excluding hydrogens is 406 g/mol. The Morgan fingerprint density at radius 3 is 2.15 bits per heavy atom. The highest BCUT2D eigenvalue weighted by Gasteiger charge is 2.23. The van der Waals surface area contributed by atoms with Gasteiger partial charge in [0.05, 0.1) is 4.90 Å². The summed E-state index contributed by atoms with van der Waals surface area (Å²) in [5.74, 6) is 0. The zero-order valence-electron chi connectivity index (χ0n) is 11.2. The predicted molar refractivity (Wildman–Crippen MR) is 88.2 cm³/mol. The van der Waals surface area contributed by atoms with Crippen molar-refractivity contribution in [2.75, 3.05) is 0 Å². The number of nitrogens with zero attached hydrogens (tertiary/aromatic N) is 1. The van der Waals surface area contributed by atoms with Gasteiger partial charge in [0.25, 0.3) is 10.0 Å². The lowest BCUT2D eigenvalue weighted by atomic mass is 10.2. The minimum absolute atomic E-state index is 0.310. The molecule has 0 atom stereocenters. The van der Waals surface area contributed by atoms with Crippen LogP contribution in [0.15, 0.2) is 35.2 Å². The van der Waals surface area contributed by atoms with Gasteiger partial charge in [0.1, 0.15) is 0 Å². The second kappa shape index (κ2) is 6.03. The lowest BCUT2D eigenvalue weighted by molar-refractivity contribution is 0.585. The van der Waals surface area contributed by atoms with E-state index in [1.165, 1.54) is 3.97 Å². The first-order chi connectivity index (χ1) is 9.41. The number of hydrogen-bond acceptors (Lipinski definition) is 2. The van der Waals surface area contributed by atoms with Crippen LogP contribution in [0, 0.1) is 13.8 Å². The summed E-state index contributed by atoms with van der Waals surface area (Å²) >= 11 is 6.78. The highest BCUT2D eigenvalue weighted by molar-refractivity contribution is 9.09. The van der Waals surface area contributed by atoms with Gasteiger partial charge in [0.2, 0.25) is 0 Å². The van der Waals surface area contributed by atoms with Crippen LogP contribution < -0.4 is 0 Å². The van der Waals surface area contributed by atoms with Crippen molar-refractivity contribution < 1.29 is 8.42 Å². The third kappa shape index (κ3) is 2.73. The molecule has 0 spiro atoms. The van der Waals surface area contributed by atoms with Crippen molar-refractivity contribution in [3.63, 3.8) is 0 Å². The largest absolute Gasteiger partial charge is 0.268 e. The van der Waals surface area contributed by atoms with Crippen LogP contribution in [0.25, 0.3) is 0 Å². The van der Waals surface area contributed by atoms with Crippen molar-refractivity contribution >= 4 is 41.9 Å². The summed E-state index contributed by atoms with van der Waals surface area (Å²) in [5, 5.41) is 1.12. The molecule has 6 heteroatoms. The van der Waals surface area contributed by atoms with Crippen LogP contribution in [0.3, 0.4) is 0 Å². The summed E-state index contributed by atoms with van der Waals surface area (Å²) in [6.45, 7) is 3.74. The van der Waals surface area contributed by atoms with Crippen LogP contribution in [-0.4, -0.2) is 12.4 Å². The summed E-state index contributed by atoms with van der Waals surface area (Å²) in [6, 6.07) is 8.82. The first-order valence-corrected chi connectivity index (χ1v) is 9.74. The molecule has 1 aromatic heterocycles. The number of rotatable bonds is 4. The fourth-order valence-corrected chi connectivity index (χ4v) is 5.00. The molecule has 0 aliphatic rings. The van der Waals surface area contributed by atoms with Gasteiger partial charge in [-0.3, -0.25) is 0 Å². The second-order valence-corrected chi connectivity index (χ2v) is 7.52. The van der Waals surface area contributed by atoms with Gasteiger partial charge in [0.15, 0.2) is 0 Å². The Morgan fingerprint density at radius 2 is 1.65 bits per heavy atom. The Balaban J connectivity index is 2.66. The predicted octanol–water partition coefficient (Wildman–Crippen LogP) is 4.13. The van der Waals surface area contributed by atoms with Gasteiger partial charge >= 0.3 is 0 Å². The second-order valence-electron chi connectivity index (χ2n) is 4.61. The lowest BCUT2D eigenvalue weighted by Gasteiger charge is -2.12. The third-order valence-corrected chi connectivity index (χ3v) is 6.14. The molecule has 108 valence electrons. The van der Waals surface area contributed by atoms with Gasteiger partial charge < -0.3 is 0 Å². The monoisotopic (exact) mass is 419 g/mol. The fourth-order valence-electron chi connectivity index (χ4n) is 2.14. The van der Waals surface area contributed by atoms with Gasteiger partial charge in [-0.2, -0.15) is 0 Å². The molecule has 3 nitrogen and oxygen atoms in total. The molecule has 1 heterocycles. The summed E-state index contributed by atoms with van der Waals surface area (Å²) in [7, 11) is -3.55. The fraction of sp³-hybridized carbons (Fsp3) is 0.286. The molecule has 0 saturated carbocycles. The Morgan fingerprint density at radius 1 is 1.05 bits per heavy atom. The van der Waals surface area contributed by atoms with E-state index in [0.29, 0.717) is 15.6 Å². The SMILES string of the molecule is Cc1ccc(S(=O)(=O)n2c(C)cc(CBr)c2CBr)cc1. The van der Waals surface area contributed by atoms with Gasteiger partial charge in [-0.15, -0.1) is 0 Å². The molecule has 2 rings (SSSR count). The summed E-state index contributed by atoms with van der Waals surface area (Å²) in [4.78, 5) is 0.310. The van der Waals surface area contributed by atoms with Crippen molar-refractivity contribution in [1.29, 1.82) is 0 Å². The average molecular weight is 421 g/mol. The Labute approximate surface area is 136 Å². The molecule has 20 heavy (non-hydrogen) atoms. The molecule has 0 aliphatic carbocycles. The molecule has 0 bridgehead atoms. The summed E-state index contributed by atoms with van der Waals surface area (Å²) in [6.07, 6.45) is 0. The van der Waals surface area contributed by atoms with Crippen molar-refractivity contribution in [2.45, 2.75) is 29.4 Å². The zero-order valence-corrected chi connectivity index (χ0v) is 15.2. The topological polar surface area (TPSA) is 39.1 Å². The molecule has 0 fully saturated rings. The number of alkyl halides is 2. The highest BCUT2D eigenvalue weighted by Crippen LogP contribution is 2.26. The van der Waals surface area contributed by atoms with Crippen molar-refractivity contribution in [2.24, 2.45) is 0 Å². The molecule has 0 unspecified atom stereocenters. The summed E-state index contributed by atoms with van der Waals surface area (Å²) < 4.78 is 27.0. The van der Waals surface area contributed by atoms with Gasteiger partial charge in [-0.05, 0) is 37.6 Å². The number of benzene rings is 1. The van der Waals surface area contributed by atoms with Gasteiger partial charge in [0, 0.05) is 22.0 Å². The van der Waals surface area contributed by atoms with Crippen molar-refractivity contribution in [3.8, 4) is 0 Å². The molecule has 0 saturated heterocycles. The maximum atomic E-state index is 12.8. The van der Waals surface area contributed by atoms with E-state index in [1.54, 1.807) is 12.1 Å². The maximum Gasteiger partial charge on any atom is 0.268 e. The van der Waals surface area contributed by atoms with Crippen LogP contribution in [0.1, 0.15) is 22.5 Å². The van der Waals surface area contributed by atoms with Crippen molar-refractivity contribution in [1.82, 2.24) is 3.97 Å². The van der Waals surface area contributed by atoms with Gasteiger partial charge in [-0.25, -0.2) is 12.4 Å². The minimum atomic E-state index is -3.55. The first-order valence-electron chi connectivity index (χ1n) is 6.06. The Hall–Kier alpha value is -0.590. The highest BCUT2D eigenvalue weighted by atomic mass is 79.9.